The average molecular weight is 386 g/mol. The summed E-state index contributed by atoms with van der Waals surface area (Å²) in [4.78, 5) is 0. The van der Waals surface area contributed by atoms with Gasteiger partial charge in [-0.15, -0.1) is 0 Å². The van der Waals surface area contributed by atoms with E-state index in [0.29, 0.717) is 6.54 Å². The summed E-state index contributed by atoms with van der Waals surface area (Å²) in [5.41, 5.74) is 0.721. The standard InChI is InChI=1S/C11H14BrFIN/c12-10-3-4-11(13)9(7-10)8-15-6-2-1-5-14/h3-4,7,15H,1-2,5-6,8H2. The van der Waals surface area contributed by atoms with Crippen LogP contribution in [0.1, 0.15) is 18.4 Å². The predicted molar refractivity (Wildman–Crippen MR) is 73.9 cm³/mol. The van der Waals surface area contributed by atoms with E-state index in [-0.39, 0.29) is 5.82 Å². The average Bonchev–Trinajstić information content (AvgIpc) is 2.23. The predicted octanol–water partition coefficient (Wildman–Crippen LogP) is 3.89. The highest BCUT2D eigenvalue weighted by atomic mass is 127. The summed E-state index contributed by atoms with van der Waals surface area (Å²) < 4.78 is 15.4. The van der Waals surface area contributed by atoms with Crippen LogP contribution in [0.3, 0.4) is 0 Å². The Kier molecular flexibility index (Phi) is 6.76. The zero-order chi connectivity index (χ0) is 11.1. The van der Waals surface area contributed by atoms with E-state index in [1.165, 1.54) is 16.9 Å². The second-order valence-electron chi connectivity index (χ2n) is 3.31. The van der Waals surface area contributed by atoms with Crippen molar-refractivity contribution < 1.29 is 4.39 Å². The number of hydrogen-bond acceptors (Lipinski definition) is 1. The molecule has 1 nitrogen and oxygen atoms in total. The maximum absolute atomic E-state index is 13.3. The molecule has 0 aliphatic heterocycles. The number of alkyl halides is 1. The molecule has 0 aliphatic carbocycles. The molecule has 0 fully saturated rings. The van der Waals surface area contributed by atoms with Crippen LogP contribution in [0.5, 0.6) is 0 Å². The van der Waals surface area contributed by atoms with Crippen LogP contribution in [0.15, 0.2) is 22.7 Å². The first-order chi connectivity index (χ1) is 7.24. The Morgan fingerprint density at radius 3 is 2.87 bits per heavy atom. The first kappa shape index (κ1) is 13.4. The van der Waals surface area contributed by atoms with Crippen molar-refractivity contribution in [2.45, 2.75) is 19.4 Å². The third kappa shape index (κ3) is 5.26. The normalized spacial score (nSPS) is 10.6. The van der Waals surface area contributed by atoms with E-state index in [9.17, 15) is 4.39 Å². The molecule has 1 aromatic carbocycles. The Bertz CT molecular complexity index is 307. The summed E-state index contributed by atoms with van der Waals surface area (Å²) in [5, 5.41) is 3.24. The van der Waals surface area contributed by atoms with Gasteiger partial charge in [0, 0.05) is 16.6 Å². The van der Waals surface area contributed by atoms with Gasteiger partial charge in [-0.05, 0) is 42.0 Å². The van der Waals surface area contributed by atoms with E-state index in [1.54, 1.807) is 6.07 Å². The molecule has 0 saturated heterocycles. The lowest BCUT2D eigenvalue weighted by atomic mass is 10.2. The van der Waals surface area contributed by atoms with Gasteiger partial charge in [0.25, 0.3) is 0 Å². The number of halogens is 3. The summed E-state index contributed by atoms with van der Waals surface area (Å²) >= 11 is 5.70. The molecule has 1 aromatic rings. The molecule has 1 rings (SSSR count). The Balaban J connectivity index is 2.33. The third-order valence-corrected chi connectivity index (χ3v) is 3.32. The molecular weight excluding hydrogens is 372 g/mol. The number of unbranched alkanes of at least 4 members (excludes halogenated alkanes) is 1. The second kappa shape index (κ2) is 7.57. The summed E-state index contributed by atoms with van der Waals surface area (Å²) in [5.74, 6) is -0.139. The van der Waals surface area contributed by atoms with Crippen LogP contribution in [0.25, 0.3) is 0 Å². The third-order valence-electron chi connectivity index (χ3n) is 2.06. The maximum Gasteiger partial charge on any atom is 0.127 e. The molecule has 0 unspecified atom stereocenters. The summed E-state index contributed by atoms with van der Waals surface area (Å²) in [6.45, 7) is 1.56. The van der Waals surface area contributed by atoms with E-state index < -0.39 is 0 Å². The van der Waals surface area contributed by atoms with Crippen molar-refractivity contribution in [2.75, 3.05) is 11.0 Å². The molecule has 0 aromatic heterocycles. The Hall–Kier alpha value is 0.320. The summed E-state index contributed by atoms with van der Waals surface area (Å²) in [6, 6.07) is 5.03. The topological polar surface area (TPSA) is 12.0 Å². The van der Waals surface area contributed by atoms with Gasteiger partial charge in [-0.1, -0.05) is 38.5 Å². The number of hydrogen-bond donors (Lipinski definition) is 1. The maximum atomic E-state index is 13.3. The molecule has 0 bridgehead atoms. The minimum Gasteiger partial charge on any atom is -0.313 e. The van der Waals surface area contributed by atoms with Crippen molar-refractivity contribution in [2.24, 2.45) is 0 Å². The van der Waals surface area contributed by atoms with E-state index in [4.69, 9.17) is 0 Å². The van der Waals surface area contributed by atoms with Crippen molar-refractivity contribution in [1.29, 1.82) is 0 Å². The fraction of sp³-hybridized carbons (Fsp3) is 0.455. The quantitative estimate of drug-likeness (QED) is 0.445. The molecule has 0 aliphatic rings. The lowest BCUT2D eigenvalue weighted by Gasteiger charge is -2.05. The van der Waals surface area contributed by atoms with Crippen molar-refractivity contribution >= 4 is 38.5 Å². The van der Waals surface area contributed by atoms with Crippen molar-refractivity contribution in [1.82, 2.24) is 5.32 Å². The van der Waals surface area contributed by atoms with Crippen LogP contribution in [-0.2, 0) is 6.54 Å². The molecule has 84 valence electrons. The minimum atomic E-state index is -0.139. The van der Waals surface area contributed by atoms with E-state index >= 15 is 0 Å². The van der Waals surface area contributed by atoms with Crippen molar-refractivity contribution in [3.05, 3.63) is 34.1 Å². The highest BCUT2D eigenvalue weighted by Gasteiger charge is 2.01. The van der Waals surface area contributed by atoms with E-state index in [1.807, 2.05) is 6.07 Å². The van der Waals surface area contributed by atoms with Gasteiger partial charge in [0.2, 0.25) is 0 Å². The minimum absolute atomic E-state index is 0.139. The van der Waals surface area contributed by atoms with Crippen LogP contribution < -0.4 is 5.32 Å². The fourth-order valence-electron chi connectivity index (χ4n) is 1.25. The molecule has 0 atom stereocenters. The van der Waals surface area contributed by atoms with Crippen LogP contribution in [-0.4, -0.2) is 11.0 Å². The lowest BCUT2D eigenvalue weighted by molar-refractivity contribution is 0.580. The zero-order valence-corrected chi connectivity index (χ0v) is 12.1. The molecular formula is C11H14BrFIN. The van der Waals surface area contributed by atoms with Crippen molar-refractivity contribution in [3.8, 4) is 0 Å². The Morgan fingerprint density at radius 2 is 2.13 bits per heavy atom. The molecule has 0 spiro atoms. The Labute approximate surface area is 112 Å². The van der Waals surface area contributed by atoms with Crippen molar-refractivity contribution in [3.63, 3.8) is 0 Å². The monoisotopic (exact) mass is 385 g/mol. The molecule has 4 heteroatoms. The number of benzene rings is 1. The van der Waals surface area contributed by atoms with Gasteiger partial charge in [0.15, 0.2) is 0 Å². The highest BCUT2D eigenvalue weighted by Crippen LogP contribution is 2.15. The van der Waals surface area contributed by atoms with Gasteiger partial charge in [-0.2, -0.15) is 0 Å². The molecule has 0 radical (unpaired) electrons. The molecule has 1 N–H and O–H groups in total. The van der Waals surface area contributed by atoms with Crippen LogP contribution >= 0.6 is 38.5 Å². The van der Waals surface area contributed by atoms with Crippen LogP contribution in [0.2, 0.25) is 0 Å². The van der Waals surface area contributed by atoms with Gasteiger partial charge in [-0.25, -0.2) is 4.39 Å². The molecule has 15 heavy (non-hydrogen) atoms. The summed E-state index contributed by atoms with van der Waals surface area (Å²) in [6.07, 6.45) is 2.37. The molecule has 0 amide bonds. The van der Waals surface area contributed by atoms with Crippen LogP contribution in [0, 0.1) is 5.82 Å². The first-order valence-corrected chi connectivity index (χ1v) is 7.26. The number of rotatable bonds is 6. The van der Waals surface area contributed by atoms with Gasteiger partial charge in [0.05, 0.1) is 0 Å². The van der Waals surface area contributed by atoms with E-state index in [0.717, 1.165) is 23.0 Å². The van der Waals surface area contributed by atoms with E-state index in [2.05, 4.69) is 43.8 Å². The lowest BCUT2D eigenvalue weighted by Crippen LogP contribution is -2.15. The van der Waals surface area contributed by atoms with Crippen LogP contribution in [0.4, 0.5) is 4.39 Å². The smallest absolute Gasteiger partial charge is 0.127 e. The fourth-order valence-corrected chi connectivity index (χ4v) is 2.19. The molecule has 0 heterocycles. The zero-order valence-electron chi connectivity index (χ0n) is 8.40. The molecule has 0 saturated carbocycles. The largest absolute Gasteiger partial charge is 0.313 e. The number of nitrogens with one attached hydrogen (secondary N) is 1. The van der Waals surface area contributed by atoms with Gasteiger partial charge < -0.3 is 5.32 Å². The summed E-state index contributed by atoms with van der Waals surface area (Å²) in [7, 11) is 0. The van der Waals surface area contributed by atoms with Gasteiger partial charge >= 0.3 is 0 Å². The van der Waals surface area contributed by atoms with Gasteiger partial charge in [-0.3, -0.25) is 0 Å². The Morgan fingerprint density at radius 1 is 1.33 bits per heavy atom. The highest BCUT2D eigenvalue weighted by molar-refractivity contribution is 14.1. The first-order valence-electron chi connectivity index (χ1n) is 4.94. The SMILES string of the molecule is Fc1ccc(Br)cc1CNCCCCI. The van der Waals surface area contributed by atoms with Gasteiger partial charge in [0.1, 0.15) is 5.82 Å². The second-order valence-corrected chi connectivity index (χ2v) is 5.30.